The van der Waals surface area contributed by atoms with Gasteiger partial charge in [-0.05, 0) is 23.8 Å². The first-order valence-electron chi connectivity index (χ1n) is 9.40. The summed E-state index contributed by atoms with van der Waals surface area (Å²) in [5.74, 6) is -0.796. The summed E-state index contributed by atoms with van der Waals surface area (Å²) in [6, 6.07) is 13.3. The molecule has 1 aliphatic rings. The third-order valence-electron chi connectivity index (χ3n) is 5.34. The molecule has 0 N–H and O–H groups in total. The van der Waals surface area contributed by atoms with Gasteiger partial charge in [-0.2, -0.15) is 0 Å². The van der Waals surface area contributed by atoms with Crippen LogP contribution in [0.15, 0.2) is 53.3 Å². The molecule has 4 rings (SSSR count). The van der Waals surface area contributed by atoms with Crippen molar-refractivity contribution in [1.82, 2.24) is 9.47 Å². The monoisotopic (exact) mass is 410 g/mol. The molecule has 0 atom stereocenters. The number of carbonyl (C=O) groups excluding carboxylic acids is 1. The van der Waals surface area contributed by atoms with Gasteiger partial charge in [-0.25, -0.2) is 4.39 Å². The van der Waals surface area contributed by atoms with Crippen molar-refractivity contribution in [3.05, 3.63) is 80.4 Å². The lowest BCUT2D eigenvalue weighted by molar-refractivity contribution is -0.385. The van der Waals surface area contributed by atoms with Gasteiger partial charge in [0.25, 0.3) is 0 Å². The van der Waals surface area contributed by atoms with Crippen molar-refractivity contribution in [2.45, 2.75) is 6.54 Å². The maximum Gasteiger partial charge on any atom is 0.357 e. The number of piperazine rings is 1. The molecule has 9 heteroatoms. The Kier molecular flexibility index (Phi) is 4.94. The molecule has 0 saturated carbocycles. The van der Waals surface area contributed by atoms with Crippen LogP contribution in [0.1, 0.15) is 5.56 Å². The number of hydrogen-bond donors (Lipinski definition) is 0. The quantitative estimate of drug-likeness (QED) is 0.487. The first kappa shape index (κ1) is 19.6. The molecule has 154 valence electrons. The number of rotatable bonds is 4. The van der Waals surface area contributed by atoms with Crippen LogP contribution in [0.2, 0.25) is 0 Å². The van der Waals surface area contributed by atoms with E-state index in [9.17, 15) is 24.1 Å². The standard InChI is InChI=1S/C21H19FN4O4/c1-23-17-8-7-15(22)11-16(17)19(20(21(23)28)26(29)30)25-10-9-24(18(27)13-25)12-14-5-3-2-4-6-14/h2-8,11H,9-10,12-13H2,1H3. The summed E-state index contributed by atoms with van der Waals surface area (Å²) in [5.41, 5.74) is -0.119. The highest BCUT2D eigenvalue weighted by Gasteiger charge is 2.33. The van der Waals surface area contributed by atoms with E-state index in [0.29, 0.717) is 18.6 Å². The van der Waals surface area contributed by atoms with Crippen molar-refractivity contribution >= 4 is 28.2 Å². The van der Waals surface area contributed by atoms with Crippen molar-refractivity contribution in [3.8, 4) is 0 Å². The normalized spacial score (nSPS) is 14.4. The van der Waals surface area contributed by atoms with Crippen molar-refractivity contribution in [2.75, 3.05) is 24.5 Å². The Balaban J connectivity index is 1.75. The fourth-order valence-electron chi connectivity index (χ4n) is 3.84. The van der Waals surface area contributed by atoms with Crippen molar-refractivity contribution < 1.29 is 14.1 Å². The number of aryl methyl sites for hydroxylation is 1. The van der Waals surface area contributed by atoms with Gasteiger partial charge in [0, 0.05) is 32.1 Å². The first-order chi connectivity index (χ1) is 14.4. The number of pyridine rings is 1. The zero-order chi connectivity index (χ0) is 21.4. The van der Waals surface area contributed by atoms with Crippen LogP contribution in [0.4, 0.5) is 15.8 Å². The second kappa shape index (κ2) is 7.58. The average molecular weight is 410 g/mol. The molecule has 0 aliphatic carbocycles. The van der Waals surface area contributed by atoms with Crippen molar-refractivity contribution in [3.63, 3.8) is 0 Å². The number of benzene rings is 2. The minimum atomic E-state index is -0.798. The van der Waals surface area contributed by atoms with E-state index in [2.05, 4.69) is 0 Å². The van der Waals surface area contributed by atoms with E-state index in [1.54, 1.807) is 4.90 Å². The van der Waals surface area contributed by atoms with Gasteiger partial charge in [0.1, 0.15) is 11.5 Å². The summed E-state index contributed by atoms with van der Waals surface area (Å²) in [5, 5.41) is 12.0. The Hall–Kier alpha value is -3.75. The zero-order valence-electron chi connectivity index (χ0n) is 16.2. The Morgan fingerprint density at radius 3 is 2.50 bits per heavy atom. The van der Waals surface area contributed by atoms with Crippen LogP contribution in [0.5, 0.6) is 0 Å². The number of halogens is 1. The van der Waals surface area contributed by atoms with Crippen molar-refractivity contribution in [1.29, 1.82) is 0 Å². The van der Waals surface area contributed by atoms with Crippen LogP contribution >= 0.6 is 0 Å². The first-order valence-corrected chi connectivity index (χ1v) is 9.40. The van der Waals surface area contributed by atoms with Crippen LogP contribution in [0.3, 0.4) is 0 Å². The molecular weight excluding hydrogens is 391 g/mol. The van der Waals surface area contributed by atoms with E-state index < -0.39 is 22.0 Å². The zero-order valence-corrected chi connectivity index (χ0v) is 16.2. The van der Waals surface area contributed by atoms with Gasteiger partial charge in [0.15, 0.2) is 0 Å². The molecule has 3 aromatic rings. The van der Waals surface area contributed by atoms with E-state index in [-0.39, 0.29) is 30.1 Å². The Morgan fingerprint density at radius 1 is 1.10 bits per heavy atom. The lowest BCUT2D eigenvalue weighted by Gasteiger charge is -2.35. The van der Waals surface area contributed by atoms with Gasteiger partial charge in [0.05, 0.1) is 17.0 Å². The Bertz CT molecular complexity index is 1210. The molecule has 0 radical (unpaired) electrons. The molecule has 8 nitrogen and oxygen atoms in total. The summed E-state index contributed by atoms with van der Waals surface area (Å²) in [7, 11) is 1.41. The van der Waals surface area contributed by atoms with Crippen LogP contribution < -0.4 is 10.5 Å². The molecule has 2 heterocycles. The third-order valence-corrected chi connectivity index (χ3v) is 5.34. The summed E-state index contributed by atoms with van der Waals surface area (Å²) in [6.45, 7) is 0.920. The average Bonchev–Trinajstić information content (AvgIpc) is 2.72. The molecule has 30 heavy (non-hydrogen) atoms. The highest BCUT2D eigenvalue weighted by molar-refractivity contribution is 5.98. The molecule has 1 aliphatic heterocycles. The molecule has 0 unspecified atom stereocenters. The Labute approximate surface area is 170 Å². The smallest absolute Gasteiger partial charge is 0.354 e. The summed E-state index contributed by atoms with van der Waals surface area (Å²) in [4.78, 5) is 39.6. The number of anilines is 1. The number of fused-ring (bicyclic) bond motifs is 1. The van der Waals surface area contributed by atoms with E-state index in [0.717, 1.165) is 16.2 Å². The van der Waals surface area contributed by atoms with E-state index in [1.165, 1.54) is 24.1 Å². The van der Waals surface area contributed by atoms with Gasteiger partial charge in [-0.1, -0.05) is 30.3 Å². The summed E-state index contributed by atoms with van der Waals surface area (Å²) < 4.78 is 15.1. The number of nitrogens with zero attached hydrogens (tertiary/aromatic N) is 4. The van der Waals surface area contributed by atoms with E-state index in [1.807, 2.05) is 30.3 Å². The minimum Gasteiger partial charge on any atom is -0.354 e. The second-order valence-electron chi connectivity index (χ2n) is 7.20. The maximum atomic E-state index is 14.0. The molecule has 0 spiro atoms. The highest BCUT2D eigenvalue weighted by atomic mass is 19.1. The van der Waals surface area contributed by atoms with E-state index >= 15 is 0 Å². The number of nitro groups is 1. The van der Waals surface area contributed by atoms with Crippen LogP contribution in [-0.2, 0) is 18.4 Å². The third kappa shape index (κ3) is 3.38. The lowest BCUT2D eigenvalue weighted by Crippen LogP contribution is -2.50. The van der Waals surface area contributed by atoms with Gasteiger partial charge >= 0.3 is 11.2 Å². The number of carbonyl (C=O) groups is 1. The van der Waals surface area contributed by atoms with Crippen molar-refractivity contribution in [2.24, 2.45) is 7.05 Å². The van der Waals surface area contributed by atoms with Gasteiger partial charge in [-0.15, -0.1) is 0 Å². The van der Waals surface area contributed by atoms with Crippen LogP contribution in [0.25, 0.3) is 10.9 Å². The predicted molar refractivity (Wildman–Crippen MR) is 110 cm³/mol. The number of amides is 1. The largest absolute Gasteiger partial charge is 0.357 e. The molecule has 1 aromatic heterocycles. The van der Waals surface area contributed by atoms with Gasteiger partial charge < -0.3 is 14.4 Å². The molecule has 2 aromatic carbocycles. The fraction of sp³-hybridized carbons (Fsp3) is 0.238. The maximum absolute atomic E-state index is 14.0. The Morgan fingerprint density at radius 2 is 1.83 bits per heavy atom. The summed E-state index contributed by atoms with van der Waals surface area (Å²) >= 11 is 0. The molecule has 0 bridgehead atoms. The fourth-order valence-corrected chi connectivity index (χ4v) is 3.84. The highest BCUT2D eigenvalue weighted by Crippen LogP contribution is 2.34. The minimum absolute atomic E-state index is 0.00897. The topological polar surface area (TPSA) is 88.7 Å². The molecular formula is C21H19FN4O4. The predicted octanol–water partition coefficient (Wildman–Crippen LogP) is 2.43. The van der Waals surface area contributed by atoms with Gasteiger partial charge in [0.2, 0.25) is 5.91 Å². The molecule has 1 fully saturated rings. The van der Waals surface area contributed by atoms with E-state index in [4.69, 9.17) is 0 Å². The lowest BCUT2D eigenvalue weighted by atomic mass is 10.1. The van der Waals surface area contributed by atoms with Gasteiger partial charge in [-0.3, -0.25) is 19.7 Å². The number of aromatic nitrogens is 1. The molecule has 1 saturated heterocycles. The van der Waals surface area contributed by atoms with Crippen LogP contribution in [0, 0.1) is 15.9 Å². The van der Waals surface area contributed by atoms with Crippen LogP contribution in [-0.4, -0.2) is 39.9 Å². The SMILES string of the molecule is Cn1c(=O)c([N+](=O)[O-])c(N2CCN(Cc3ccccc3)C(=O)C2)c2cc(F)ccc21. The second-order valence-corrected chi connectivity index (χ2v) is 7.20. The summed E-state index contributed by atoms with van der Waals surface area (Å²) in [6.07, 6.45) is 0. The molecule has 1 amide bonds. The number of hydrogen-bond acceptors (Lipinski definition) is 5.